The van der Waals surface area contributed by atoms with Crippen LogP contribution in [0.4, 0.5) is 16.0 Å². The Balaban J connectivity index is 2.28. The number of rotatable bonds is 5. The van der Waals surface area contributed by atoms with E-state index in [-0.39, 0.29) is 11.9 Å². The van der Waals surface area contributed by atoms with E-state index in [0.717, 1.165) is 0 Å². The SMILES string of the molecule is CNc1ncnc(NC(C)c2ccccc2F)c1OC. The fraction of sp³-hybridized carbons (Fsp3) is 0.286. The summed E-state index contributed by atoms with van der Waals surface area (Å²) in [7, 11) is 3.29. The molecule has 2 N–H and O–H groups in total. The molecule has 0 saturated carbocycles. The highest BCUT2D eigenvalue weighted by Crippen LogP contribution is 2.31. The fourth-order valence-corrected chi connectivity index (χ4v) is 1.96. The molecular weight excluding hydrogens is 259 g/mol. The number of hydrogen-bond donors (Lipinski definition) is 2. The van der Waals surface area contributed by atoms with E-state index < -0.39 is 0 Å². The first-order valence-electron chi connectivity index (χ1n) is 6.25. The average Bonchev–Trinajstić information content (AvgIpc) is 2.47. The average molecular weight is 276 g/mol. The van der Waals surface area contributed by atoms with Gasteiger partial charge in [-0.1, -0.05) is 18.2 Å². The third kappa shape index (κ3) is 2.79. The van der Waals surface area contributed by atoms with Crippen molar-refractivity contribution in [3.05, 3.63) is 42.0 Å². The van der Waals surface area contributed by atoms with Crippen LogP contribution in [0.15, 0.2) is 30.6 Å². The molecule has 1 heterocycles. The van der Waals surface area contributed by atoms with E-state index in [1.54, 1.807) is 32.4 Å². The summed E-state index contributed by atoms with van der Waals surface area (Å²) in [6, 6.07) is 6.39. The normalized spacial score (nSPS) is 11.8. The van der Waals surface area contributed by atoms with Gasteiger partial charge in [-0.05, 0) is 13.0 Å². The second-order valence-electron chi connectivity index (χ2n) is 4.24. The Morgan fingerprint density at radius 2 is 1.90 bits per heavy atom. The number of benzene rings is 1. The minimum Gasteiger partial charge on any atom is -0.490 e. The molecule has 2 aromatic rings. The van der Waals surface area contributed by atoms with Crippen LogP contribution >= 0.6 is 0 Å². The van der Waals surface area contributed by atoms with Crippen LogP contribution < -0.4 is 15.4 Å². The third-order valence-electron chi connectivity index (χ3n) is 2.97. The van der Waals surface area contributed by atoms with Crippen LogP contribution in [0.3, 0.4) is 0 Å². The summed E-state index contributed by atoms with van der Waals surface area (Å²) < 4.78 is 19.0. The van der Waals surface area contributed by atoms with Gasteiger partial charge in [0.05, 0.1) is 13.2 Å². The van der Waals surface area contributed by atoms with Gasteiger partial charge in [-0.15, -0.1) is 0 Å². The van der Waals surface area contributed by atoms with Crippen LogP contribution in [-0.2, 0) is 0 Å². The van der Waals surface area contributed by atoms with Crippen LogP contribution in [0.1, 0.15) is 18.5 Å². The molecule has 5 nitrogen and oxygen atoms in total. The van der Waals surface area contributed by atoms with E-state index in [1.807, 2.05) is 6.92 Å². The zero-order valence-electron chi connectivity index (χ0n) is 11.6. The highest BCUT2D eigenvalue weighted by molar-refractivity contribution is 5.63. The molecule has 0 aliphatic carbocycles. The molecule has 0 bridgehead atoms. The lowest BCUT2D eigenvalue weighted by atomic mass is 10.1. The van der Waals surface area contributed by atoms with E-state index >= 15 is 0 Å². The van der Waals surface area contributed by atoms with Gasteiger partial charge in [0.2, 0.25) is 5.75 Å². The van der Waals surface area contributed by atoms with Crippen LogP contribution in [0.2, 0.25) is 0 Å². The molecule has 0 amide bonds. The maximum Gasteiger partial charge on any atom is 0.204 e. The van der Waals surface area contributed by atoms with Crippen molar-refractivity contribution < 1.29 is 9.13 Å². The lowest BCUT2D eigenvalue weighted by Gasteiger charge is -2.18. The summed E-state index contributed by atoms with van der Waals surface area (Å²) >= 11 is 0. The second-order valence-corrected chi connectivity index (χ2v) is 4.24. The molecule has 0 radical (unpaired) electrons. The Labute approximate surface area is 117 Å². The van der Waals surface area contributed by atoms with Crippen molar-refractivity contribution in [2.75, 3.05) is 24.8 Å². The van der Waals surface area contributed by atoms with Crippen molar-refractivity contribution in [2.45, 2.75) is 13.0 Å². The van der Waals surface area contributed by atoms with Gasteiger partial charge >= 0.3 is 0 Å². The molecule has 106 valence electrons. The molecule has 1 atom stereocenters. The van der Waals surface area contributed by atoms with Crippen LogP contribution in [0.5, 0.6) is 5.75 Å². The highest BCUT2D eigenvalue weighted by atomic mass is 19.1. The van der Waals surface area contributed by atoms with Gasteiger partial charge in [0.1, 0.15) is 12.1 Å². The Morgan fingerprint density at radius 1 is 1.20 bits per heavy atom. The minimum atomic E-state index is -0.255. The summed E-state index contributed by atoms with van der Waals surface area (Å²) in [5.41, 5.74) is 0.569. The number of methoxy groups -OCH3 is 1. The van der Waals surface area contributed by atoms with Crippen LogP contribution in [0.25, 0.3) is 0 Å². The van der Waals surface area contributed by atoms with Gasteiger partial charge in [-0.2, -0.15) is 0 Å². The number of aromatic nitrogens is 2. The van der Waals surface area contributed by atoms with Crippen molar-refractivity contribution in [3.8, 4) is 5.75 Å². The van der Waals surface area contributed by atoms with Gasteiger partial charge in [0.15, 0.2) is 11.6 Å². The first-order chi connectivity index (χ1) is 9.67. The quantitative estimate of drug-likeness (QED) is 0.879. The molecule has 6 heteroatoms. The van der Waals surface area contributed by atoms with Crippen molar-refractivity contribution in [1.29, 1.82) is 0 Å². The molecule has 0 spiro atoms. The molecule has 0 aliphatic heterocycles. The Morgan fingerprint density at radius 3 is 2.55 bits per heavy atom. The zero-order valence-corrected chi connectivity index (χ0v) is 11.6. The summed E-state index contributed by atoms with van der Waals surface area (Å²) in [5.74, 6) is 1.33. The molecule has 0 aliphatic rings. The lowest BCUT2D eigenvalue weighted by Crippen LogP contribution is -2.12. The summed E-state index contributed by atoms with van der Waals surface area (Å²) in [6.07, 6.45) is 1.42. The molecule has 2 rings (SSSR count). The van der Waals surface area contributed by atoms with Gasteiger partial charge in [-0.25, -0.2) is 14.4 Å². The van der Waals surface area contributed by atoms with Crippen molar-refractivity contribution in [3.63, 3.8) is 0 Å². The molecule has 1 unspecified atom stereocenters. The van der Waals surface area contributed by atoms with Crippen molar-refractivity contribution >= 4 is 11.6 Å². The van der Waals surface area contributed by atoms with Gasteiger partial charge < -0.3 is 15.4 Å². The van der Waals surface area contributed by atoms with Crippen molar-refractivity contribution in [2.24, 2.45) is 0 Å². The number of nitrogens with zero attached hydrogens (tertiary/aromatic N) is 2. The Kier molecular flexibility index (Phi) is 4.34. The van der Waals surface area contributed by atoms with E-state index in [4.69, 9.17) is 4.74 Å². The monoisotopic (exact) mass is 276 g/mol. The number of hydrogen-bond acceptors (Lipinski definition) is 5. The molecule has 0 fully saturated rings. The van der Waals surface area contributed by atoms with E-state index in [2.05, 4.69) is 20.6 Å². The Bertz CT molecular complexity index is 591. The molecule has 20 heavy (non-hydrogen) atoms. The fourth-order valence-electron chi connectivity index (χ4n) is 1.96. The maximum absolute atomic E-state index is 13.8. The minimum absolute atomic E-state index is 0.246. The number of halogens is 1. The van der Waals surface area contributed by atoms with Gasteiger partial charge in [-0.3, -0.25) is 0 Å². The van der Waals surface area contributed by atoms with Gasteiger partial charge in [0, 0.05) is 12.6 Å². The second kappa shape index (κ2) is 6.18. The summed E-state index contributed by atoms with van der Waals surface area (Å²) in [4.78, 5) is 8.21. The first kappa shape index (κ1) is 14.0. The Hall–Kier alpha value is -2.37. The highest BCUT2D eigenvalue weighted by Gasteiger charge is 2.16. The number of ether oxygens (including phenoxy) is 1. The van der Waals surface area contributed by atoms with E-state index in [9.17, 15) is 4.39 Å². The number of nitrogens with one attached hydrogen (secondary N) is 2. The summed E-state index contributed by atoms with van der Waals surface area (Å²) in [6.45, 7) is 1.86. The smallest absolute Gasteiger partial charge is 0.204 e. The van der Waals surface area contributed by atoms with Crippen LogP contribution in [-0.4, -0.2) is 24.1 Å². The molecule has 1 aromatic heterocycles. The predicted molar refractivity (Wildman–Crippen MR) is 76.6 cm³/mol. The van der Waals surface area contributed by atoms with Gasteiger partial charge in [0.25, 0.3) is 0 Å². The van der Waals surface area contributed by atoms with E-state index in [1.165, 1.54) is 12.4 Å². The topological polar surface area (TPSA) is 59.1 Å². The first-order valence-corrected chi connectivity index (χ1v) is 6.25. The predicted octanol–water partition coefficient (Wildman–Crippen LogP) is 2.84. The van der Waals surface area contributed by atoms with E-state index in [0.29, 0.717) is 22.9 Å². The molecule has 0 saturated heterocycles. The lowest BCUT2D eigenvalue weighted by molar-refractivity contribution is 0.414. The third-order valence-corrected chi connectivity index (χ3v) is 2.97. The number of anilines is 2. The molecular formula is C14H17FN4O. The maximum atomic E-state index is 13.8. The van der Waals surface area contributed by atoms with Crippen LogP contribution in [0, 0.1) is 5.82 Å². The largest absolute Gasteiger partial charge is 0.490 e. The standard InChI is InChI=1S/C14H17FN4O/c1-9(10-6-4-5-7-11(10)15)19-14-12(20-3)13(16-2)17-8-18-14/h4-9H,1-3H3,(H2,16,17,18,19). The summed E-state index contributed by atoms with van der Waals surface area (Å²) in [5, 5.41) is 6.06. The van der Waals surface area contributed by atoms with Crippen molar-refractivity contribution in [1.82, 2.24) is 9.97 Å². The zero-order chi connectivity index (χ0) is 14.5. The molecule has 1 aromatic carbocycles.